The van der Waals surface area contributed by atoms with Crippen molar-refractivity contribution in [3.8, 4) is 11.1 Å². The summed E-state index contributed by atoms with van der Waals surface area (Å²) >= 11 is 1.88. The Kier molecular flexibility index (Phi) is 5.25. The van der Waals surface area contributed by atoms with Gasteiger partial charge in [0.1, 0.15) is 5.58 Å². The van der Waals surface area contributed by atoms with Gasteiger partial charge in [-0.05, 0) is 75.5 Å². The van der Waals surface area contributed by atoms with E-state index in [1.165, 1.54) is 58.6 Å². The summed E-state index contributed by atoms with van der Waals surface area (Å²) in [6.07, 6.45) is 0. The fourth-order valence-corrected chi connectivity index (χ4v) is 9.24. The Morgan fingerprint density at radius 1 is 0.543 bits per heavy atom. The predicted molar refractivity (Wildman–Crippen MR) is 196 cm³/mol. The Hall–Kier alpha value is -5.38. The quantitative estimate of drug-likeness (QED) is 0.199. The van der Waals surface area contributed by atoms with Gasteiger partial charge in [0.05, 0.1) is 5.69 Å². The lowest BCUT2D eigenvalue weighted by Crippen LogP contribution is -2.15. The number of hydrogen-bond acceptors (Lipinski definition) is 3. The zero-order chi connectivity index (χ0) is 30.6. The fraction of sp³-hybridized carbons (Fsp3) is 0.0698. The summed E-state index contributed by atoms with van der Waals surface area (Å²) in [6.45, 7) is 4.66. The molecule has 2 heterocycles. The summed E-state index contributed by atoms with van der Waals surface area (Å²) in [5.74, 6) is 0. The number of nitrogens with zero attached hydrogens (tertiary/aromatic N) is 1. The first-order chi connectivity index (χ1) is 22.6. The second kappa shape index (κ2) is 9.32. The van der Waals surface area contributed by atoms with Gasteiger partial charge < -0.3 is 9.32 Å². The third-order valence-corrected chi connectivity index (χ3v) is 11.3. The van der Waals surface area contributed by atoms with E-state index in [-0.39, 0.29) is 5.41 Å². The lowest BCUT2D eigenvalue weighted by atomic mass is 9.82. The summed E-state index contributed by atoms with van der Waals surface area (Å²) in [7, 11) is 0. The van der Waals surface area contributed by atoms with E-state index in [0.717, 1.165) is 33.6 Å². The topological polar surface area (TPSA) is 16.4 Å². The Balaban J connectivity index is 1.24. The Bertz CT molecular complexity index is 2680. The highest BCUT2D eigenvalue weighted by molar-refractivity contribution is 7.27. The zero-order valence-electron chi connectivity index (χ0n) is 25.5. The average Bonchev–Trinajstić information content (AvgIpc) is 3.74. The smallest absolute Gasteiger partial charge is 0.159 e. The first-order valence-corrected chi connectivity index (χ1v) is 16.7. The van der Waals surface area contributed by atoms with Gasteiger partial charge in [0, 0.05) is 47.7 Å². The number of thiophene rings is 1. The highest BCUT2D eigenvalue weighted by Gasteiger charge is 2.35. The van der Waals surface area contributed by atoms with Crippen molar-refractivity contribution in [3.63, 3.8) is 0 Å². The second-order valence-corrected chi connectivity index (χ2v) is 13.9. The van der Waals surface area contributed by atoms with Gasteiger partial charge in [-0.1, -0.05) is 111 Å². The number of fused-ring (bicyclic) bond motifs is 12. The molecule has 2 aromatic heterocycles. The van der Waals surface area contributed by atoms with Crippen molar-refractivity contribution in [1.29, 1.82) is 0 Å². The number of furan rings is 1. The van der Waals surface area contributed by atoms with Crippen LogP contribution >= 0.6 is 11.3 Å². The minimum Gasteiger partial charge on any atom is -0.454 e. The van der Waals surface area contributed by atoms with Crippen LogP contribution in [0.15, 0.2) is 144 Å². The average molecular weight is 608 g/mol. The molecule has 46 heavy (non-hydrogen) atoms. The molecule has 2 nitrogen and oxygen atoms in total. The van der Waals surface area contributed by atoms with Crippen LogP contribution in [-0.4, -0.2) is 0 Å². The number of para-hydroxylation sites is 2. The van der Waals surface area contributed by atoms with Crippen LogP contribution in [0.1, 0.15) is 25.0 Å². The van der Waals surface area contributed by atoms with Crippen LogP contribution in [0.3, 0.4) is 0 Å². The molecule has 0 radical (unpaired) electrons. The molecule has 7 aromatic carbocycles. The molecule has 0 spiro atoms. The molecular weight excluding hydrogens is 579 g/mol. The molecule has 0 aliphatic heterocycles. The van der Waals surface area contributed by atoms with Crippen LogP contribution in [0.4, 0.5) is 17.1 Å². The molecule has 10 rings (SSSR count). The Morgan fingerprint density at radius 3 is 2.20 bits per heavy atom. The largest absolute Gasteiger partial charge is 0.454 e. The fourth-order valence-electron chi connectivity index (χ4n) is 7.86. The minimum absolute atomic E-state index is 0.0400. The highest BCUT2D eigenvalue weighted by atomic mass is 32.1. The monoisotopic (exact) mass is 607 g/mol. The van der Waals surface area contributed by atoms with Crippen molar-refractivity contribution >= 4 is 81.3 Å². The molecular formula is C43H29NOS. The third-order valence-electron chi connectivity index (χ3n) is 10.0. The molecule has 0 amide bonds. The van der Waals surface area contributed by atoms with Crippen molar-refractivity contribution < 1.29 is 4.42 Å². The SMILES string of the molecule is CC1(C)c2ccccc2-c2cc(N(c3ccccc3)c3cccc4c3oc3ccc5c6ccc7ccccc7c6sc5c34)ccc21. The normalized spacial score (nSPS) is 13.6. The molecule has 3 heteroatoms. The maximum absolute atomic E-state index is 6.85. The van der Waals surface area contributed by atoms with E-state index in [2.05, 4.69) is 158 Å². The standard InChI is InChI=1S/C43H29NOS/c1-43(2)35-17-9-8-15-30(35)34-25-28(20-23-36(34)43)44(27-12-4-3-5-13-27)37-18-10-16-33-39-38(45-40(33)37)24-22-32-31-21-19-26-11-6-7-14-29(26)41(31)46-42(32)39/h3-25H,1-2H3. The summed E-state index contributed by atoms with van der Waals surface area (Å²) in [5, 5.41) is 7.50. The van der Waals surface area contributed by atoms with Crippen molar-refractivity contribution in [2.24, 2.45) is 0 Å². The van der Waals surface area contributed by atoms with E-state index >= 15 is 0 Å². The number of anilines is 3. The second-order valence-electron chi connectivity index (χ2n) is 12.9. The third kappa shape index (κ3) is 3.46. The van der Waals surface area contributed by atoms with Crippen LogP contribution in [-0.2, 0) is 5.41 Å². The molecule has 0 saturated heterocycles. The lowest BCUT2D eigenvalue weighted by molar-refractivity contribution is 0.660. The van der Waals surface area contributed by atoms with Crippen LogP contribution in [0, 0.1) is 0 Å². The molecule has 0 bridgehead atoms. The van der Waals surface area contributed by atoms with Crippen LogP contribution in [0.25, 0.3) is 64.0 Å². The molecule has 9 aromatic rings. The minimum atomic E-state index is -0.0400. The van der Waals surface area contributed by atoms with Gasteiger partial charge in [0.2, 0.25) is 0 Å². The van der Waals surface area contributed by atoms with Gasteiger partial charge in [0.15, 0.2) is 5.58 Å². The number of rotatable bonds is 3. The molecule has 218 valence electrons. The first-order valence-electron chi connectivity index (χ1n) is 15.9. The van der Waals surface area contributed by atoms with Crippen LogP contribution in [0.5, 0.6) is 0 Å². The molecule has 0 N–H and O–H groups in total. The number of hydrogen-bond donors (Lipinski definition) is 0. The van der Waals surface area contributed by atoms with E-state index in [4.69, 9.17) is 4.42 Å². The van der Waals surface area contributed by atoms with Gasteiger partial charge in [-0.15, -0.1) is 11.3 Å². The van der Waals surface area contributed by atoms with Gasteiger partial charge in [0.25, 0.3) is 0 Å². The van der Waals surface area contributed by atoms with Gasteiger partial charge in [-0.3, -0.25) is 0 Å². The maximum atomic E-state index is 6.85. The Morgan fingerprint density at radius 2 is 1.28 bits per heavy atom. The van der Waals surface area contributed by atoms with E-state index in [0.29, 0.717) is 0 Å². The van der Waals surface area contributed by atoms with E-state index in [1.807, 2.05) is 11.3 Å². The van der Waals surface area contributed by atoms with Crippen molar-refractivity contribution in [2.75, 3.05) is 4.90 Å². The highest BCUT2D eigenvalue weighted by Crippen LogP contribution is 2.52. The number of benzene rings is 7. The van der Waals surface area contributed by atoms with E-state index in [1.54, 1.807) is 0 Å². The molecule has 0 saturated carbocycles. The van der Waals surface area contributed by atoms with Crippen LogP contribution < -0.4 is 4.90 Å². The van der Waals surface area contributed by atoms with Gasteiger partial charge >= 0.3 is 0 Å². The van der Waals surface area contributed by atoms with Gasteiger partial charge in [-0.2, -0.15) is 0 Å². The van der Waals surface area contributed by atoms with Crippen molar-refractivity contribution in [3.05, 3.63) is 151 Å². The predicted octanol–water partition coefficient (Wildman–Crippen LogP) is 12.9. The van der Waals surface area contributed by atoms with E-state index in [9.17, 15) is 0 Å². The molecule has 0 fully saturated rings. The summed E-state index contributed by atoms with van der Waals surface area (Å²) in [5.41, 5.74) is 10.4. The van der Waals surface area contributed by atoms with Crippen molar-refractivity contribution in [1.82, 2.24) is 0 Å². The van der Waals surface area contributed by atoms with Crippen LogP contribution in [0.2, 0.25) is 0 Å². The van der Waals surface area contributed by atoms with Gasteiger partial charge in [-0.25, -0.2) is 0 Å². The first kappa shape index (κ1) is 25.9. The summed E-state index contributed by atoms with van der Waals surface area (Å²) in [4.78, 5) is 2.36. The van der Waals surface area contributed by atoms with Crippen molar-refractivity contribution in [2.45, 2.75) is 19.3 Å². The molecule has 1 aliphatic rings. The summed E-state index contributed by atoms with van der Waals surface area (Å²) in [6, 6.07) is 50.7. The Labute approximate surface area is 270 Å². The maximum Gasteiger partial charge on any atom is 0.159 e. The summed E-state index contributed by atoms with van der Waals surface area (Å²) < 4.78 is 9.46. The molecule has 0 unspecified atom stereocenters. The molecule has 1 aliphatic carbocycles. The van der Waals surface area contributed by atoms with E-state index < -0.39 is 0 Å². The lowest BCUT2D eigenvalue weighted by Gasteiger charge is -2.27. The molecule has 0 atom stereocenters. The zero-order valence-corrected chi connectivity index (χ0v) is 26.4.